The molecule has 0 spiro atoms. The number of nitrogen functional groups attached to an aromatic ring is 6. The largest absolute Gasteiger partial charge is 0.647 e. The fraction of sp³-hybridized carbons (Fsp3) is 0. The Morgan fingerprint density at radius 1 is 0.517 bits per heavy atom. The first-order valence-corrected chi connectivity index (χ1v) is 9.75. The number of hydrogen-bond acceptors (Lipinski definition) is 10. The Bertz CT molecular complexity index is 971. The number of rotatable bonds is 6. The summed E-state index contributed by atoms with van der Waals surface area (Å²) >= 11 is 0. The summed E-state index contributed by atoms with van der Waals surface area (Å²) in [6.45, 7) is 0. The van der Waals surface area contributed by atoms with Crippen molar-refractivity contribution < 1.29 is 18.1 Å². The lowest BCUT2D eigenvalue weighted by Gasteiger charge is -2.21. The fourth-order valence-corrected chi connectivity index (χ4v) is 3.70. The van der Waals surface area contributed by atoms with E-state index < -0.39 is 7.82 Å². The van der Waals surface area contributed by atoms with E-state index in [-0.39, 0.29) is 34.3 Å². The van der Waals surface area contributed by atoms with Crippen LogP contribution in [0.3, 0.4) is 0 Å². The molecule has 0 aliphatic rings. The van der Waals surface area contributed by atoms with Crippen LogP contribution in [0.2, 0.25) is 0 Å². The molecule has 0 saturated carbocycles. The van der Waals surface area contributed by atoms with E-state index in [1.807, 2.05) is 0 Å². The molecule has 0 radical (unpaired) electrons. The molecule has 0 heterocycles. The average molecular weight is 416 g/mol. The van der Waals surface area contributed by atoms with Crippen molar-refractivity contribution in [1.29, 1.82) is 0 Å². The second-order valence-corrected chi connectivity index (χ2v) is 7.56. The molecule has 0 bridgehead atoms. The van der Waals surface area contributed by atoms with Crippen molar-refractivity contribution in [2.75, 3.05) is 34.4 Å². The molecule has 0 aromatic heterocycles. The van der Waals surface area contributed by atoms with Crippen molar-refractivity contribution in [3.8, 4) is 17.2 Å². The molecule has 0 amide bonds. The summed E-state index contributed by atoms with van der Waals surface area (Å²) in [6.07, 6.45) is 0. The Balaban J connectivity index is 2.00. The van der Waals surface area contributed by atoms with Crippen LogP contribution in [0.15, 0.2) is 54.6 Å². The maximum atomic E-state index is 13.5. The van der Waals surface area contributed by atoms with Gasteiger partial charge < -0.3 is 48.0 Å². The zero-order valence-corrected chi connectivity index (χ0v) is 16.1. The SMILES string of the molecule is Nc1ccc(OP(=O)(Oc2ccc(N)cc2N)Oc2ccc(N)cc2N)c(N)c1. The molecule has 0 atom stereocenters. The lowest BCUT2D eigenvalue weighted by atomic mass is 10.3. The highest BCUT2D eigenvalue weighted by Crippen LogP contribution is 2.53. The van der Waals surface area contributed by atoms with Gasteiger partial charge in [0.1, 0.15) is 0 Å². The van der Waals surface area contributed by atoms with E-state index in [1.165, 1.54) is 54.6 Å². The van der Waals surface area contributed by atoms with Crippen LogP contribution < -0.4 is 48.0 Å². The molecule has 11 heteroatoms. The minimum absolute atomic E-state index is 0.0329. The van der Waals surface area contributed by atoms with Crippen molar-refractivity contribution in [2.24, 2.45) is 0 Å². The zero-order chi connectivity index (χ0) is 21.2. The Labute approximate surface area is 166 Å². The Morgan fingerprint density at radius 3 is 1.03 bits per heavy atom. The van der Waals surface area contributed by atoms with E-state index in [2.05, 4.69) is 0 Å². The van der Waals surface area contributed by atoms with Gasteiger partial charge in [0, 0.05) is 17.1 Å². The summed E-state index contributed by atoms with van der Waals surface area (Å²) in [4.78, 5) is 0. The van der Waals surface area contributed by atoms with E-state index in [0.29, 0.717) is 17.1 Å². The maximum absolute atomic E-state index is 13.5. The third-order valence-corrected chi connectivity index (χ3v) is 4.99. The van der Waals surface area contributed by atoms with Gasteiger partial charge in [0.2, 0.25) is 0 Å². The quantitative estimate of drug-likeness (QED) is 0.256. The first kappa shape index (κ1) is 19.8. The Kier molecular flexibility index (Phi) is 5.20. The summed E-state index contributed by atoms with van der Waals surface area (Å²) < 4.78 is 30.1. The minimum atomic E-state index is -4.37. The number of anilines is 6. The van der Waals surface area contributed by atoms with Gasteiger partial charge in [0.05, 0.1) is 17.1 Å². The second-order valence-electron chi connectivity index (χ2n) is 6.11. The van der Waals surface area contributed by atoms with Crippen molar-refractivity contribution in [3.63, 3.8) is 0 Å². The highest BCUT2D eigenvalue weighted by Gasteiger charge is 2.35. The Hall–Kier alpha value is -3.91. The van der Waals surface area contributed by atoms with E-state index in [1.54, 1.807) is 0 Å². The molecule has 3 rings (SSSR count). The molecule has 0 aliphatic carbocycles. The standard InChI is InChI=1S/C18H21N6O4P/c19-10-1-4-16(13(22)7-10)26-29(25,27-17-5-2-11(20)8-14(17)23)28-18-6-3-12(21)9-15(18)24/h1-9H,19-24H2. The molecule has 0 aliphatic heterocycles. The van der Waals surface area contributed by atoms with Gasteiger partial charge >= 0.3 is 7.82 Å². The zero-order valence-electron chi connectivity index (χ0n) is 15.2. The number of benzene rings is 3. The van der Waals surface area contributed by atoms with Gasteiger partial charge in [-0.1, -0.05) is 0 Å². The highest BCUT2D eigenvalue weighted by molar-refractivity contribution is 7.49. The summed E-state index contributed by atoms with van der Waals surface area (Å²) in [5, 5.41) is 0. The molecule has 3 aromatic carbocycles. The molecular weight excluding hydrogens is 395 g/mol. The molecule has 152 valence electrons. The topological polar surface area (TPSA) is 201 Å². The highest BCUT2D eigenvalue weighted by atomic mass is 31.2. The molecule has 29 heavy (non-hydrogen) atoms. The summed E-state index contributed by atoms with van der Waals surface area (Å²) in [5.41, 5.74) is 36.3. The molecular formula is C18H21N6O4P. The van der Waals surface area contributed by atoms with Crippen molar-refractivity contribution >= 4 is 41.9 Å². The summed E-state index contributed by atoms with van der Waals surface area (Å²) in [6, 6.07) is 13.2. The number of phosphoric acid groups is 1. The molecule has 0 saturated heterocycles. The third kappa shape index (κ3) is 4.69. The molecule has 12 N–H and O–H groups in total. The monoisotopic (exact) mass is 416 g/mol. The number of nitrogens with two attached hydrogens (primary N) is 6. The van der Waals surface area contributed by atoms with Crippen LogP contribution in [0.1, 0.15) is 0 Å². The van der Waals surface area contributed by atoms with E-state index in [9.17, 15) is 4.57 Å². The predicted octanol–water partition coefficient (Wildman–Crippen LogP) is 2.82. The third-order valence-electron chi connectivity index (χ3n) is 3.73. The minimum Gasteiger partial charge on any atom is -0.399 e. The fourth-order valence-electron chi connectivity index (χ4n) is 2.37. The van der Waals surface area contributed by atoms with Gasteiger partial charge in [-0.3, -0.25) is 0 Å². The second kappa shape index (κ2) is 7.61. The lowest BCUT2D eigenvalue weighted by molar-refractivity contribution is 0.300. The van der Waals surface area contributed by atoms with E-state index >= 15 is 0 Å². The predicted molar refractivity (Wildman–Crippen MR) is 115 cm³/mol. The van der Waals surface area contributed by atoms with Gasteiger partial charge in [0.25, 0.3) is 0 Å². The van der Waals surface area contributed by atoms with Crippen LogP contribution in [0, 0.1) is 0 Å². The van der Waals surface area contributed by atoms with Gasteiger partial charge in [-0.25, -0.2) is 0 Å². The van der Waals surface area contributed by atoms with Crippen LogP contribution in [-0.2, 0) is 4.57 Å². The molecule has 0 fully saturated rings. The number of hydrogen-bond donors (Lipinski definition) is 6. The number of phosphoric ester groups is 1. The van der Waals surface area contributed by atoms with Gasteiger partial charge in [-0.05, 0) is 54.6 Å². The smallest absolute Gasteiger partial charge is 0.399 e. The maximum Gasteiger partial charge on any atom is 0.647 e. The summed E-state index contributed by atoms with van der Waals surface area (Å²) in [7, 11) is -4.37. The van der Waals surface area contributed by atoms with Crippen molar-refractivity contribution in [2.45, 2.75) is 0 Å². The molecule has 0 unspecified atom stereocenters. The molecule has 3 aromatic rings. The first-order valence-electron chi connectivity index (χ1n) is 8.29. The van der Waals surface area contributed by atoms with Crippen LogP contribution in [0.4, 0.5) is 34.1 Å². The van der Waals surface area contributed by atoms with Gasteiger partial charge in [-0.15, -0.1) is 0 Å². The van der Waals surface area contributed by atoms with Crippen LogP contribution >= 0.6 is 7.82 Å². The average Bonchev–Trinajstić information content (AvgIpc) is 2.63. The van der Waals surface area contributed by atoms with Gasteiger partial charge in [-0.2, -0.15) is 4.57 Å². The normalized spacial score (nSPS) is 11.0. The van der Waals surface area contributed by atoms with Crippen molar-refractivity contribution in [3.05, 3.63) is 54.6 Å². The van der Waals surface area contributed by atoms with Crippen LogP contribution in [-0.4, -0.2) is 0 Å². The summed E-state index contributed by atoms with van der Waals surface area (Å²) in [5.74, 6) is 0.0988. The van der Waals surface area contributed by atoms with E-state index in [4.69, 9.17) is 48.0 Å². The first-order chi connectivity index (χ1) is 13.6. The van der Waals surface area contributed by atoms with E-state index in [0.717, 1.165) is 0 Å². The van der Waals surface area contributed by atoms with Gasteiger partial charge in [0.15, 0.2) is 17.2 Å². The Morgan fingerprint density at radius 2 is 0.793 bits per heavy atom. The van der Waals surface area contributed by atoms with Crippen LogP contribution in [0.5, 0.6) is 17.2 Å². The molecule has 10 nitrogen and oxygen atoms in total. The van der Waals surface area contributed by atoms with Crippen LogP contribution in [0.25, 0.3) is 0 Å². The lowest BCUT2D eigenvalue weighted by Crippen LogP contribution is -2.10. The van der Waals surface area contributed by atoms with Crippen molar-refractivity contribution in [1.82, 2.24) is 0 Å².